The molecule has 0 bridgehead atoms. The Kier molecular flexibility index (Phi) is 3.55. The maximum Gasteiger partial charge on any atom is 0.310 e. The van der Waals surface area contributed by atoms with Gasteiger partial charge in [0.2, 0.25) is 0 Å². The number of esters is 1. The lowest BCUT2D eigenvalue weighted by Gasteiger charge is -2.18. The number of carbonyl (C=O) groups excluding carboxylic acids is 2. The molecule has 0 aromatic rings. The van der Waals surface area contributed by atoms with Gasteiger partial charge in [-0.2, -0.15) is 0 Å². The summed E-state index contributed by atoms with van der Waals surface area (Å²) in [5, 5.41) is 0. The molecule has 0 aromatic heterocycles. The van der Waals surface area contributed by atoms with Crippen molar-refractivity contribution in [2.24, 2.45) is 0 Å². The Morgan fingerprint density at radius 3 is 2.45 bits per heavy atom. The molecule has 3 nitrogen and oxygen atoms in total. The molecule has 0 heterocycles. The summed E-state index contributed by atoms with van der Waals surface area (Å²) >= 11 is 0. The van der Waals surface area contributed by atoms with Gasteiger partial charge in [-0.05, 0) is 20.8 Å². The molecule has 0 aliphatic rings. The first-order valence-corrected chi connectivity index (χ1v) is 3.37. The highest BCUT2D eigenvalue weighted by Gasteiger charge is 2.14. The highest BCUT2D eigenvalue weighted by molar-refractivity contribution is 5.73. The number of hydrogen-bond donors (Lipinski definition) is 0. The van der Waals surface area contributed by atoms with E-state index in [2.05, 4.69) is 0 Å². The van der Waals surface area contributed by atoms with Gasteiger partial charge in [0.05, 0.1) is 6.42 Å². The predicted molar refractivity (Wildman–Crippen MR) is 40.7 cm³/mol. The number of hydrogen-bond acceptors (Lipinski definition) is 3. The van der Waals surface area contributed by atoms with Crippen molar-refractivity contribution in [2.75, 3.05) is 0 Å². The van der Waals surface area contributed by atoms with Gasteiger partial charge >= 0.3 is 5.97 Å². The Balaban J connectivity index is 3.79. The van der Waals surface area contributed by atoms with E-state index in [9.17, 15) is 9.59 Å². The van der Waals surface area contributed by atoms with Crippen molar-refractivity contribution in [3.8, 4) is 0 Å². The third-order valence-electron chi connectivity index (χ3n) is 0.772. The van der Waals surface area contributed by atoms with Crippen molar-refractivity contribution in [2.45, 2.75) is 32.8 Å². The molecule has 0 radical (unpaired) electrons. The van der Waals surface area contributed by atoms with Crippen LogP contribution in [0.4, 0.5) is 0 Å². The van der Waals surface area contributed by atoms with Crippen molar-refractivity contribution in [3.05, 3.63) is 6.08 Å². The summed E-state index contributed by atoms with van der Waals surface area (Å²) in [4.78, 5) is 20.5. The Labute approximate surface area is 66.0 Å². The zero-order valence-corrected chi connectivity index (χ0v) is 7.01. The second kappa shape index (κ2) is 3.94. The smallest absolute Gasteiger partial charge is 0.310 e. The van der Waals surface area contributed by atoms with Gasteiger partial charge in [0, 0.05) is 6.08 Å². The lowest BCUT2D eigenvalue weighted by Crippen LogP contribution is -2.23. The van der Waals surface area contributed by atoms with Crippen LogP contribution < -0.4 is 0 Å². The van der Waals surface area contributed by atoms with Crippen LogP contribution in [0.5, 0.6) is 0 Å². The SMILES string of the molecule is CC(C)(C)OC(=O)CC=C=O. The Morgan fingerprint density at radius 2 is 2.09 bits per heavy atom. The molecule has 3 heteroatoms. The van der Waals surface area contributed by atoms with Crippen LogP contribution in [0.1, 0.15) is 27.2 Å². The van der Waals surface area contributed by atoms with Crippen molar-refractivity contribution >= 4 is 11.9 Å². The standard InChI is InChI=1S/C8H12O3/c1-8(2,3)11-7(10)5-4-6-9/h4H,5H2,1-3H3. The molecule has 11 heavy (non-hydrogen) atoms. The first-order chi connectivity index (χ1) is 4.95. The lowest BCUT2D eigenvalue weighted by molar-refractivity contribution is -0.153. The average molecular weight is 156 g/mol. The van der Waals surface area contributed by atoms with Gasteiger partial charge in [-0.25, -0.2) is 4.79 Å². The molecule has 0 aliphatic heterocycles. The van der Waals surface area contributed by atoms with Crippen LogP contribution >= 0.6 is 0 Å². The van der Waals surface area contributed by atoms with Gasteiger partial charge in [0.15, 0.2) is 0 Å². The summed E-state index contributed by atoms with van der Waals surface area (Å²) in [5.74, 6) is 1.11. The zero-order chi connectivity index (χ0) is 8.91. The van der Waals surface area contributed by atoms with Gasteiger partial charge in [0.25, 0.3) is 0 Å². The van der Waals surface area contributed by atoms with Gasteiger partial charge < -0.3 is 4.74 Å². The monoisotopic (exact) mass is 156 g/mol. The van der Waals surface area contributed by atoms with Crippen LogP contribution in [0.25, 0.3) is 0 Å². The topological polar surface area (TPSA) is 43.4 Å². The largest absolute Gasteiger partial charge is 0.460 e. The van der Waals surface area contributed by atoms with E-state index >= 15 is 0 Å². The Bertz CT molecular complexity index is 182. The third kappa shape index (κ3) is 6.81. The van der Waals surface area contributed by atoms with E-state index in [-0.39, 0.29) is 6.42 Å². The van der Waals surface area contributed by atoms with E-state index < -0.39 is 11.6 Å². The fourth-order valence-corrected chi connectivity index (χ4v) is 0.508. The van der Waals surface area contributed by atoms with Crippen molar-refractivity contribution in [1.82, 2.24) is 0 Å². The Morgan fingerprint density at radius 1 is 1.55 bits per heavy atom. The molecule has 0 spiro atoms. The van der Waals surface area contributed by atoms with Gasteiger partial charge in [0.1, 0.15) is 11.5 Å². The molecular weight excluding hydrogens is 144 g/mol. The Hall–Kier alpha value is -1.08. The normalized spacial score (nSPS) is 10.1. The van der Waals surface area contributed by atoms with E-state index in [4.69, 9.17) is 4.74 Å². The summed E-state index contributed by atoms with van der Waals surface area (Å²) < 4.78 is 4.89. The number of carbonyl (C=O) groups is 1. The number of rotatable bonds is 2. The average Bonchev–Trinajstić information content (AvgIpc) is 1.79. The van der Waals surface area contributed by atoms with E-state index in [1.54, 1.807) is 20.8 Å². The predicted octanol–water partition coefficient (Wildman–Crippen LogP) is 1.11. The van der Waals surface area contributed by atoms with Crippen LogP contribution in [-0.2, 0) is 14.3 Å². The third-order valence-corrected chi connectivity index (χ3v) is 0.772. The van der Waals surface area contributed by atoms with E-state index in [0.717, 1.165) is 6.08 Å². The highest BCUT2D eigenvalue weighted by Crippen LogP contribution is 2.07. The van der Waals surface area contributed by atoms with Crippen LogP contribution in [0.3, 0.4) is 0 Å². The summed E-state index contributed by atoms with van der Waals surface area (Å²) in [6.45, 7) is 5.32. The summed E-state index contributed by atoms with van der Waals surface area (Å²) in [7, 11) is 0. The molecule has 0 unspecified atom stereocenters. The molecule has 0 amide bonds. The first-order valence-electron chi connectivity index (χ1n) is 3.37. The summed E-state index contributed by atoms with van der Waals surface area (Å²) in [6, 6.07) is 0. The van der Waals surface area contributed by atoms with Crippen molar-refractivity contribution in [3.63, 3.8) is 0 Å². The van der Waals surface area contributed by atoms with Crippen LogP contribution in [-0.4, -0.2) is 17.5 Å². The molecule has 0 saturated heterocycles. The summed E-state index contributed by atoms with van der Waals surface area (Å²) in [6.07, 6.45) is 1.11. The minimum atomic E-state index is -0.478. The number of ether oxygens (including phenoxy) is 1. The quantitative estimate of drug-likeness (QED) is 0.444. The van der Waals surface area contributed by atoms with Crippen molar-refractivity contribution in [1.29, 1.82) is 0 Å². The highest BCUT2D eigenvalue weighted by atomic mass is 16.6. The minimum absolute atomic E-state index is 0.000764. The van der Waals surface area contributed by atoms with Crippen molar-refractivity contribution < 1.29 is 14.3 Å². The summed E-state index contributed by atoms with van der Waals surface area (Å²) in [5.41, 5.74) is -0.478. The lowest BCUT2D eigenvalue weighted by atomic mass is 10.2. The van der Waals surface area contributed by atoms with Crippen LogP contribution in [0.2, 0.25) is 0 Å². The molecule has 0 saturated carbocycles. The molecule has 0 aromatic carbocycles. The van der Waals surface area contributed by atoms with E-state index in [1.807, 2.05) is 0 Å². The molecule has 0 fully saturated rings. The molecule has 0 atom stereocenters. The van der Waals surface area contributed by atoms with Crippen LogP contribution in [0.15, 0.2) is 6.08 Å². The maximum absolute atomic E-state index is 10.8. The fourth-order valence-electron chi connectivity index (χ4n) is 0.508. The molecule has 0 aliphatic carbocycles. The second-order valence-electron chi connectivity index (χ2n) is 3.11. The molecule has 0 N–H and O–H groups in total. The molecule has 62 valence electrons. The van der Waals surface area contributed by atoms with Gasteiger partial charge in [-0.1, -0.05) is 0 Å². The second-order valence-corrected chi connectivity index (χ2v) is 3.11. The fraction of sp³-hybridized carbons (Fsp3) is 0.625. The van der Waals surface area contributed by atoms with Crippen LogP contribution in [0, 0.1) is 0 Å². The minimum Gasteiger partial charge on any atom is -0.460 e. The van der Waals surface area contributed by atoms with E-state index in [1.165, 1.54) is 5.94 Å². The van der Waals surface area contributed by atoms with E-state index in [0.29, 0.717) is 0 Å². The van der Waals surface area contributed by atoms with Gasteiger partial charge in [-0.3, -0.25) is 4.79 Å². The maximum atomic E-state index is 10.8. The molecule has 0 rings (SSSR count). The zero-order valence-electron chi connectivity index (χ0n) is 7.01. The molecular formula is C8H12O3. The first kappa shape index (κ1) is 9.92. The van der Waals surface area contributed by atoms with Gasteiger partial charge in [-0.15, -0.1) is 0 Å².